The van der Waals surface area contributed by atoms with Crippen LogP contribution in [0, 0.1) is 5.82 Å². The number of alkyl halides is 3. The van der Waals surface area contributed by atoms with E-state index in [1.54, 1.807) is 0 Å². The fraction of sp³-hybridized carbons (Fsp3) is 0.118. The number of hydrogen-bond acceptors (Lipinski definition) is 7. The molecule has 0 aliphatic rings. The first-order valence-electron chi connectivity index (χ1n) is 7.73. The smallest absolute Gasteiger partial charge is 0.486 e. The predicted octanol–water partition coefficient (Wildman–Crippen LogP) is 2.36. The molecule has 0 saturated carbocycles. The lowest BCUT2D eigenvalue weighted by molar-refractivity contribution is -0.274. The minimum Gasteiger partial charge on any atom is -0.486 e. The summed E-state index contributed by atoms with van der Waals surface area (Å²) < 4.78 is 64.5. The molecule has 0 bridgehead atoms. The molecule has 0 atom stereocenters. The minimum atomic E-state index is -4.81. The number of hydrogen-bond donors (Lipinski definition) is 4. The maximum absolute atomic E-state index is 13.9. The van der Waals surface area contributed by atoms with Crippen LogP contribution in [0.3, 0.4) is 0 Å². The molecule has 6 N–H and O–H groups in total. The van der Waals surface area contributed by atoms with E-state index in [0.29, 0.717) is 5.56 Å². The Labute approximate surface area is 161 Å². The second-order valence-corrected chi connectivity index (χ2v) is 5.36. The molecule has 0 radical (unpaired) electrons. The summed E-state index contributed by atoms with van der Waals surface area (Å²) in [6, 6.07) is 8.07. The van der Waals surface area contributed by atoms with Gasteiger partial charge in [-0.15, -0.1) is 13.2 Å². The molecule has 0 spiro atoms. The highest BCUT2D eigenvalue weighted by Crippen LogP contribution is 2.26. The van der Waals surface area contributed by atoms with Crippen molar-refractivity contribution in [1.29, 1.82) is 0 Å². The number of carbonyl (C=O) groups is 1. The number of benzene rings is 2. The summed E-state index contributed by atoms with van der Waals surface area (Å²) in [7, 11) is 0. The molecule has 29 heavy (non-hydrogen) atoms. The van der Waals surface area contributed by atoms with Crippen molar-refractivity contribution in [1.82, 2.24) is 5.43 Å². The van der Waals surface area contributed by atoms with Crippen LogP contribution >= 0.6 is 0 Å². The number of aliphatic carboxylic acids is 1. The van der Waals surface area contributed by atoms with Gasteiger partial charge in [0.15, 0.2) is 17.3 Å². The van der Waals surface area contributed by atoms with Crippen LogP contribution in [0.1, 0.15) is 5.56 Å². The number of ether oxygens (including phenoxy) is 3. The van der Waals surface area contributed by atoms with Gasteiger partial charge in [-0.1, -0.05) is 12.1 Å². The van der Waals surface area contributed by atoms with Crippen LogP contribution in [0.4, 0.5) is 17.6 Å². The van der Waals surface area contributed by atoms with Crippen LogP contribution in [0.5, 0.6) is 17.2 Å². The molecule has 0 aliphatic carbocycles. The normalized spacial score (nSPS) is 12.0. The van der Waals surface area contributed by atoms with Gasteiger partial charge in [0, 0.05) is 6.07 Å². The molecule has 0 aromatic heterocycles. The van der Waals surface area contributed by atoms with E-state index in [9.17, 15) is 22.4 Å². The van der Waals surface area contributed by atoms with Gasteiger partial charge in [0.05, 0.1) is 0 Å². The molecule has 8 nitrogen and oxygen atoms in total. The number of nitrogens with one attached hydrogen (secondary N) is 1. The summed E-state index contributed by atoms with van der Waals surface area (Å²) in [5.74, 6) is 1.52. The molecule has 0 amide bonds. The van der Waals surface area contributed by atoms with Gasteiger partial charge < -0.3 is 30.5 Å². The van der Waals surface area contributed by atoms with Crippen LogP contribution < -0.4 is 31.2 Å². The second-order valence-electron chi connectivity index (χ2n) is 5.36. The highest BCUT2D eigenvalue weighted by molar-refractivity contribution is 5.86. The lowest BCUT2D eigenvalue weighted by atomic mass is 10.2. The third-order valence-corrected chi connectivity index (χ3v) is 3.29. The van der Waals surface area contributed by atoms with Crippen molar-refractivity contribution < 1.29 is 41.7 Å². The van der Waals surface area contributed by atoms with Gasteiger partial charge in [-0.3, -0.25) is 5.84 Å². The summed E-state index contributed by atoms with van der Waals surface area (Å²) in [5, 5.41) is 8.90. The summed E-state index contributed by atoms with van der Waals surface area (Å²) in [6.45, 7) is -0.178. The van der Waals surface area contributed by atoms with E-state index in [4.69, 9.17) is 26.2 Å². The van der Waals surface area contributed by atoms with Crippen molar-refractivity contribution in [3.05, 3.63) is 65.4 Å². The summed E-state index contributed by atoms with van der Waals surface area (Å²) in [6.07, 6.45) is -4.81. The average Bonchev–Trinajstić information content (AvgIpc) is 2.62. The molecule has 0 aliphatic heterocycles. The molecule has 12 heteroatoms. The third kappa shape index (κ3) is 6.46. The first-order valence-corrected chi connectivity index (χ1v) is 7.73. The first-order chi connectivity index (χ1) is 13.6. The van der Waals surface area contributed by atoms with E-state index in [2.05, 4.69) is 4.74 Å². The van der Waals surface area contributed by atoms with Crippen molar-refractivity contribution in [2.24, 2.45) is 11.6 Å². The molecule has 0 heterocycles. The molecule has 2 aromatic rings. The fourth-order valence-electron chi connectivity index (χ4n) is 2.02. The summed E-state index contributed by atoms with van der Waals surface area (Å²) in [4.78, 5) is 10.9. The van der Waals surface area contributed by atoms with Gasteiger partial charge in [-0.25, -0.2) is 9.18 Å². The number of rotatable bonds is 8. The van der Waals surface area contributed by atoms with Gasteiger partial charge in [0.2, 0.25) is 5.88 Å². The van der Waals surface area contributed by atoms with Crippen molar-refractivity contribution in [3.8, 4) is 17.2 Å². The SMILES string of the molecule is NN/C(C(=O)O)=C(\N)Oc1ccc(F)c(OCc2ccc(OC(F)(F)F)cc2)c1. The number of carboxylic acids is 1. The molecule has 0 saturated heterocycles. The molecule has 2 rings (SSSR count). The van der Waals surface area contributed by atoms with Gasteiger partial charge in [0.25, 0.3) is 0 Å². The Morgan fingerprint density at radius 2 is 1.72 bits per heavy atom. The van der Waals surface area contributed by atoms with E-state index < -0.39 is 35.5 Å². The second kappa shape index (κ2) is 9.01. The van der Waals surface area contributed by atoms with Gasteiger partial charge in [-0.05, 0) is 29.8 Å². The van der Waals surface area contributed by atoms with E-state index in [1.165, 1.54) is 18.2 Å². The monoisotopic (exact) mass is 417 g/mol. The van der Waals surface area contributed by atoms with Gasteiger partial charge in [-0.2, -0.15) is 0 Å². The van der Waals surface area contributed by atoms with Crippen LogP contribution in [-0.4, -0.2) is 17.4 Å². The Morgan fingerprint density at radius 3 is 2.28 bits per heavy atom. The summed E-state index contributed by atoms with van der Waals surface area (Å²) in [5.41, 5.74) is 7.16. The molecular formula is C17H15F4N3O5. The zero-order chi connectivity index (χ0) is 21.6. The van der Waals surface area contributed by atoms with Gasteiger partial charge in [0.1, 0.15) is 18.1 Å². The van der Waals surface area contributed by atoms with Crippen molar-refractivity contribution >= 4 is 5.97 Å². The van der Waals surface area contributed by atoms with Crippen LogP contribution in [0.25, 0.3) is 0 Å². The topological polar surface area (TPSA) is 129 Å². The maximum Gasteiger partial charge on any atom is 0.573 e. The van der Waals surface area contributed by atoms with E-state index >= 15 is 0 Å². The van der Waals surface area contributed by atoms with Crippen LogP contribution in [-0.2, 0) is 11.4 Å². The average molecular weight is 417 g/mol. The molecule has 0 fully saturated rings. The number of hydrazine groups is 1. The Kier molecular flexibility index (Phi) is 6.72. The van der Waals surface area contributed by atoms with E-state index in [0.717, 1.165) is 24.3 Å². The Bertz CT molecular complexity index is 901. The molecule has 2 aromatic carbocycles. The zero-order valence-electron chi connectivity index (χ0n) is 14.5. The third-order valence-electron chi connectivity index (χ3n) is 3.29. The number of nitrogens with two attached hydrogens (primary N) is 2. The van der Waals surface area contributed by atoms with E-state index in [1.807, 2.05) is 5.43 Å². The molecule has 156 valence electrons. The van der Waals surface area contributed by atoms with E-state index in [-0.39, 0.29) is 18.1 Å². The van der Waals surface area contributed by atoms with Crippen LogP contribution in [0.2, 0.25) is 0 Å². The first kappa shape index (κ1) is 21.6. The highest BCUT2D eigenvalue weighted by Gasteiger charge is 2.30. The zero-order valence-corrected chi connectivity index (χ0v) is 14.5. The highest BCUT2D eigenvalue weighted by atomic mass is 19.4. The number of halogens is 4. The maximum atomic E-state index is 13.9. The summed E-state index contributed by atoms with van der Waals surface area (Å²) >= 11 is 0. The quantitative estimate of drug-likeness (QED) is 0.169. The minimum absolute atomic E-state index is 0.0400. The fourth-order valence-corrected chi connectivity index (χ4v) is 2.02. The largest absolute Gasteiger partial charge is 0.573 e. The predicted molar refractivity (Wildman–Crippen MR) is 90.7 cm³/mol. The Morgan fingerprint density at radius 1 is 1.10 bits per heavy atom. The lowest BCUT2D eigenvalue weighted by Gasteiger charge is -2.12. The molecular weight excluding hydrogens is 402 g/mol. The number of carboxylic acid groups (broad SMARTS) is 1. The molecule has 0 unspecified atom stereocenters. The van der Waals surface area contributed by atoms with Crippen molar-refractivity contribution in [3.63, 3.8) is 0 Å². The lowest BCUT2D eigenvalue weighted by Crippen LogP contribution is -2.31. The standard InChI is InChI=1S/C17H15F4N3O5/c18-12-6-5-11(28-15(22)14(24-23)16(25)26)7-13(12)27-8-9-1-3-10(4-2-9)29-17(19,20)21/h1-7,24H,8,22-23H2,(H,25,26)/b15-14+. The Hall–Kier alpha value is -3.67. The Balaban J connectivity index is 2.08. The van der Waals surface area contributed by atoms with Crippen molar-refractivity contribution in [2.75, 3.05) is 0 Å². The van der Waals surface area contributed by atoms with Crippen molar-refractivity contribution in [2.45, 2.75) is 13.0 Å². The van der Waals surface area contributed by atoms with Crippen LogP contribution in [0.15, 0.2) is 54.0 Å². The van der Waals surface area contributed by atoms with Gasteiger partial charge >= 0.3 is 12.3 Å².